The summed E-state index contributed by atoms with van der Waals surface area (Å²) in [5.41, 5.74) is 2.13. The van der Waals surface area contributed by atoms with Gasteiger partial charge in [-0.15, -0.1) is 0 Å². The molecule has 0 aromatic heterocycles. The fourth-order valence-electron chi connectivity index (χ4n) is 3.55. The van der Waals surface area contributed by atoms with Crippen molar-refractivity contribution in [1.82, 2.24) is 0 Å². The molecule has 0 saturated heterocycles. The van der Waals surface area contributed by atoms with Gasteiger partial charge in [0, 0.05) is 5.41 Å². The molecule has 0 heterocycles. The quantitative estimate of drug-likeness (QED) is 0.491. The molecule has 0 aromatic rings. The van der Waals surface area contributed by atoms with E-state index < -0.39 is 0 Å². The zero-order valence-electron chi connectivity index (χ0n) is 13.9. The van der Waals surface area contributed by atoms with Crippen molar-refractivity contribution in [3.63, 3.8) is 0 Å². The van der Waals surface area contributed by atoms with Crippen LogP contribution < -0.4 is 0 Å². The van der Waals surface area contributed by atoms with E-state index in [2.05, 4.69) is 61.5 Å². The van der Waals surface area contributed by atoms with Gasteiger partial charge < -0.3 is 0 Å². The Morgan fingerprint density at radius 2 is 1.56 bits per heavy atom. The van der Waals surface area contributed by atoms with Crippen LogP contribution in [0.2, 0.25) is 0 Å². The molecular formula is C18H34. The lowest BCUT2D eigenvalue weighted by atomic mass is 9.72. The topological polar surface area (TPSA) is 0 Å². The second-order valence-electron chi connectivity index (χ2n) is 7.61. The van der Waals surface area contributed by atoms with Crippen LogP contribution in [0, 0.1) is 35.0 Å². The monoisotopic (exact) mass is 250 g/mol. The van der Waals surface area contributed by atoms with Crippen LogP contribution in [0.25, 0.3) is 0 Å². The average Bonchev–Trinajstić information content (AvgIpc) is 2.92. The van der Waals surface area contributed by atoms with Gasteiger partial charge in [0.05, 0.1) is 0 Å². The van der Waals surface area contributed by atoms with Crippen molar-refractivity contribution in [2.45, 2.75) is 68.2 Å². The largest absolute Gasteiger partial charge is 0.0745 e. The van der Waals surface area contributed by atoms with E-state index in [0.29, 0.717) is 5.41 Å². The van der Waals surface area contributed by atoms with Gasteiger partial charge in [0.25, 0.3) is 0 Å². The van der Waals surface area contributed by atoms with Crippen LogP contribution in [-0.2, 0) is 0 Å². The van der Waals surface area contributed by atoms with Crippen molar-refractivity contribution in [2.75, 3.05) is 0 Å². The first-order valence-corrected chi connectivity index (χ1v) is 7.93. The molecule has 1 aliphatic carbocycles. The molecule has 0 radical (unpaired) electrons. The number of rotatable bonds is 7. The summed E-state index contributed by atoms with van der Waals surface area (Å²) in [6.07, 6.45) is 5.15. The Balaban J connectivity index is 2.61. The minimum Gasteiger partial charge on any atom is -0.0745 e. The van der Waals surface area contributed by atoms with Gasteiger partial charge in [-0.1, -0.05) is 73.5 Å². The fourth-order valence-corrected chi connectivity index (χ4v) is 3.55. The number of hydrogen-bond acceptors (Lipinski definition) is 0. The highest BCUT2D eigenvalue weighted by Gasteiger charge is 2.38. The zero-order valence-corrected chi connectivity index (χ0v) is 13.9. The van der Waals surface area contributed by atoms with Crippen molar-refractivity contribution in [3.05, 3.63) is 11.6 Å². The van der Waals surface area contributed by atoms with Gasteiger partial charge >= 0.3 is 0 Å². The van der Waals surface area contributed by atoms with Crippen molar-refractivity contribution >= 4 is 0 Å². The molecule has 1 rings (SSSR count). The molecule has 106 valence electrons. The number of hydrogen-bond donors (Lipinski definition) is 0. The van der Waals surface area contributed by atoms with Crippen LogP contribution in [-0.4, -0.2) is 0 Å². The minimum atomic E-state index is 0.431. The van der Waals surface area contributed by atoms with E-state index in [1.165, 1.54) is 12.8 Å². The fraction of sp³-hybridized carbons (Fsp3) is 0.889. The van der Waals surface area contributed by atoms with Crippen molar-refractivity contribution in [1.29, 1.82) is 0 Å². The van der Waals surface area contributed by atoms with Crippen LogP contribution >= 0.6 is 0 Å². The van der Waals surface area contributed by atoms with Gasteiger partial charge in [0.2, 0.25) is 0 Å². The predicted molar refractivity (Wildman–Crippen MR) is 82.6 cm³/mol. The minimum absolute atomic E-state index is 0.431. The molecule has 0 N–H and O–H groups in total. The third kappa shape index (κ3) is 3.62. The van der Waals surface area contributed by atoms with Gasteiger partial charge in [0.15, 0.2) is 0 Å². The molecule has 1 aliphatic rings. The maximum absolute atomic E-state index is 2.47. The van der Waals surface area contributed by atoms with Crippen LogP contribution in [0.3, 0.4) is 0 Å². The molecule has 0 aromatic carbocycles. The van der Waals surface area contributed by atoms with E-state index in [9.17, 15) is 0 Å². The Morgan fingerprint density at radius 3 is 1.89 bits per heavy atom. The molecule has 4 unspecified atom stereocenters. The second kappa shape index (κ2) is 5.80. The van der Waals surface area contributed by atoms with Crippen molar-refractivity contribution in [3.8, 4) is 0 Å². The van der Waals surface area contributed by atoms with Gasteiger partial charge in [-0.25, -0.2) is 0 Å². The van der Waals surface area contributed by atoms with Crippen molar-refractivity contribution < 1.29 is 0 Å². The van der Waals surface area contributed by atoms with E-state index in [1.807, 2.05) is 0 Å². The summed E-state index contributed by atoms with van der Waals surface area (Å²) >= 11 is 0. The second-order valence-corrected chi connectivity index (χ2v) is 7.61. The van der Waals surface area contributed by atoms with Gasteiger partial charge in [-0.3, -0.25) is 0 Å². The van der Waals surface area contributed by atoms with E-state index in [0.717, 1.165) is 29.6 Å². The third-order valence-electron chi connectivity index (χ3n) is 5.41. The lowest BCUT2D eigenvalue weighted by Gasteiger charge is -2.33. The summed E-state index contributed by atoms with van der Waals surface area (Å²) in [4.78, 5) is 0. The molecule has 0 amide bonds. The first kappa shape index (κ1) is 15.8. The Morgan fingerprint density at radius 1 is 1.06 bits per heavy atom. The predicted octanol–water partition coefficient (Wildman–Crippen LogP) is 5.93. The summed E-state index contributed by atoms with van der Waals surface area (Å²) in [5, 5.41) is 0. The molecule has 18 heavy (non-hydrogen) atoms. The maximum atomic E-state index is 2.47. The first-order valence-electron chi connectivity index (χ1n) is 7.93. The highest BCUT2D eigenvalue weighted by Crippen LogP contribution is 2.50. The standard InChI is InChI=1S/C18H34/c1-9-13(4)15(6)16(12(2)3)10-14(5)17-11-18(17,7)8/h11-16H,9-10H2,1-8H3. The molecular weight excluding hydrogens is 216 g/mol. The SMILES string of the molecule is CCC(C)C(C)C(CC(C)C1=CC1(C)C)C(C)C. The van der Waals surface area contributed by atoms with E-state index in [-0.39, 0.29) is 0 Å². The van der Waals surface area contributed by atoms with Gasteiger partial charge in [-0.05, 0) is 36.0 Å². The molecule has 0 saturated carbocycles. The van der Waals surface area contributed by atoms with Crippen LogP contribution in [0.4, 0.5) is 0 Å². The molecule has 0 spiro atoms. The third-order valence-corrected chi connectivity index (χ3v) is 5.41. The lowest BCUT2D eigenvalue weighted by Crippen LogP contribution is -2.25. The molecule has 0 heteroatoms. The molecule has 0 fully saturated rings. The van der Waals surface area contributed by atoms with Crippen LogP contribution in [0.15, 0.2) is 11.6 Å². The molecule has 0 nitrogen and oxygen atoms in total. The Hall–Kier alpha value is -0.260. The summed E-state index contributed by atoms with van der Waals surface area (Å²) in [5.74, 6) is 4.15. The first-order chi connectivity index (χ1) is 8.20. The molecule has 0 bridgehead atoms. The van der Waals surface area contributed by atoms with Gasteiger partial charge in [-0.2, -0.15) is 0 Å². The summed E-state index contributed by atoms with van der Waals surface area (Å²) < 4.78 is 0. The smallest absolute Gasteiger partial charge is 0.00403 e. The Bertz CT molecular complexity index is 295. The van der Waals surface area contributed by atoms with E-state index in [1.54, 1.807) is 5.57 Å². The van der Waals surface area contributed by atoms with Crippen LogP contribution in [0.1, 0.15) is 68.2 Å². The highest BCUT2D eigenvalue weighted by molar-refractivity contribution is 5.37. The van der Waals surface area contributed by atoms with E-state index in [4.69, 9.17) is 0 Å². The lowest BCUT2D eigenvalue weighted by molar-refractivity contribution is 0.174. The Labute approximate surface area is 115 Å². The zero-order chi connectivity index (χ0) is 14.1. The average molecular weight is 250 g/mol. The number of allylic oxidation sites excluding steroid dienone is 2. The summed E-state index contributed by atoms with van der Waals surface area (Å²) in [6, 6.07) is 0. The van der Waals surface area contributed by atoms with E-state index >= 15 is 0 Å². The van der Waals surface area contributed by atoms with Gasteiger partial charge in [0.1, 0.15) is 0 Å². The summed E-state index contributed by atoms with van der Waals surface area (Å²) in [6.45, 7) is 19.2. The summed E-state index contributed by atoms with van der Waals surface area (Å²) in [7, 11) is 0. The molecule has 0 aliphatic heterocycles. The molecule has 4 atom stereocenters. The maximum Gasteiger partial charge on any atom is 0.00403 e. The highest BCUT2D eigenvalue weighted by atomic mass is 14.4. The Kier molecular flexibility index (Phi) is 5.09. The normalized spacial score (nSPS) is 24.4. The van der Waals surface area contributed by atoms with Crippen molar-refractivity contribution in [2.24, 2.45) is 35.0 Å². The van der Waals surface area contributed by atoms with Crippen LogP contribution in [0.5, 0.6) is 0 Å².